The Bertz CT molecular complexity index is 208. The van der Waals surface area contributed by atoms with Crippen molar-refractivity contribution in [1.29, 1.82) is 0 Å². The lowest BCUT2D eigenvalue weighted by Crippen LogP contribution is -2.41. The van der Waals surface area contributed by atoms with E-state index in [4.69, 9.17) is 0 Å². The molecule has 0 heterocycles. The van der Waals surface area contributed by atoms with Gasteiger partial charge in [-0.3, -0.25) is 0 Å². The first-order valence-corrected chi connectivity index (χ1v) is 6.39. The van der Waals surface area contributed by atoms with Gasteiger partial charge in [-0.2, -0.15) is 0 Å². The second-order valence-electron chi connectivity index (χ2n) is 4.97. The van der Waals surface area contributed by atoms with Gasteiger partial charge in [0.15, 0.2) is 0 Å². The summed E-state index contributed by atoms with van der Waals surface area (Å²) in [7, 11) is 0. The first kappa shape index (κ1) is 10.8. The number of nitrogens with one attached hydrogen (secondary N) is 2. The van der Waals surface area contributed by atoms with Crippen molar-refractivity contribution < 1.29 is 4.79 Å². The van der Waals surface area contributed by atoms with E-state index in [9.17, 15) is 4.79 Å². The number of carbonyl (C=O) groups excluding carboxylic acids is 1. The molecular formula is C12H22N2O. The summed E-state index contributed by atoms with van der Waals surface area (Å²) < 4.78 is 0. The van der Waals surface area contributed by atoms with Crippen molar-refractivity contribution in [3.05, 3.63) is 0 Å². The first-order valence-electron chi connectivity index (χ1n) is 6.39. The molecule has 86 valence electrons. The quantitative estimate of drug-likeness (QED) is 0.672. The van der Waals surface area contributed by atoms with E-state index < -0.39 is 0 Å². The highest BCUT2D eigenvalue weighted by molar-refractivity contribution is 5.74. The standard InChI is InChI=1S/C12H22N2O/c15-12(14-11-5-1-2-6-11)13-9-3-4-10-7-8-10/h10-11H,1-9H2,(H2,13,14,15). The van der Waals surface area contributed by atoms with E-state index in [2.05, 4.69) is 10.6 Å². The number of hydrogen-bond acceptors (Lipinski definition) is 1. The Morgan fingerprint density at radius 1 is 1.13 bits per heavy atom. The van der Waals surface area contributed by atoms with Crippen LogP contribution in [0.2, 0.25) is 0 Å². The van der Waals surface area contributed by atoms with Crippen LogP contribution in [0, 0.1) is 5.92 Å². The van der Waals surface area contributed by atoms with Crippen molar-refractivity contribution in [2.45, 2.75) is 57.4 Å². The Morgan fingerprint density at radius 2 is 1.87 bits per heavy atom. The Balaban J connectivity index is 1.47. The predicted octanol–water partition coefficient (Wildman–Crippen LogP) is 2.42. The van der Waals surface area contributed by atoms with Crippen molar-refractivity contribution in [3.63, 3.8) is 0 Å². The van der Waals surface area contributed by atoms with Gasteiger partial charge in [0, 0.05) is 12.6 Å². The fourth-order valence-corrected chi connectivity index (χ4v) is 2.31. The lowest BCUT2D eigenvalue weighted by atomic mass is 10.2. The second-order valence-corrected chi connectivity index (χ2v) is 4.97. The molecule has 2 aliphatic carbocycles. The molecule has 2 rings (SSSR count). The molecule has 0 aromatic heterocycles. The molecule has 0 radical (unpaired) electrons. The summed E-state index contributed by atoms with van der Waals surface area (Å²) in [6.45, 7) is 0.842. The van der Waals surface area contributed by atoms with Gasteiger partial charge in [0.25, 0.3) is 0 Å². The molecule has 0 bridgehead atoms. The minimum Gasteiger partial charge on any atom is -0.338 e. The molecular weight excluding hydrogens is 188 g/mol. The van der Waals surface area contributed by atoms with Crippen LogP contribution < -0.4 is 10.6 Å². The van der Waals surface area contributed by atoms with Crippen LogP contribution >= 0.6 is 0 Å². The van der Waals surface area contributed by atoms with Crippen LogP contribution in [-0.4, -0.2) is 18.6 Å². The Kier molecular flexibility index (Phi) is 3.87. The molecule has 0 aliphatic heterocycles. The lowest BCUT2D eigenvalue weighted by molar-refractivity contribution is 0.237. The maximum Gasteiger partial charge on any atom is 0.315 e. The minimum atomic E-state index is 0.0395. The molecule has 0 atom stereocenters. The second kappa shape index (κ2) is 5.38. The third-order valence-electron chi connectivity index (χ3n) is 3.46. The minimum absolute atomic E-state index is 0.0395. The predicted molar refractivity (Wildman–Crippen MR) is 60.7 cm³/mol. The van der Waals surface area contributed by atoms with E-state index in [0.717, 1.165) is 31.7 Å². The highest BCUT2D eigenvalue weighted by Crippen LogP contribution is 2.33. The van der Waals surface area contributed by atoms with E-state index in [1.165, 1.54) is 32.1 Å². The molecule has 2 fully saturated rings. The van der Waals surface area contributed by atoms with E-state index in [1.807, 2.05) is 0 Å². The topological polar surface area (TPSA) is 41.1 Å². The highest BCUT2D eigenvalue weighted by Gasteiger charge is 2.20. The van der Waals surface area contributed by atoms with Crippen LogP contribution in [-0.2, 0) is 0 Å². The maximum atomic E-state index is 11.4. The SMILES string of the molecule is O=C(NCCCC1CC1)NC1CCCC1. The molecule has 2 saturated carbocycles. The van der Waals surface area contributed by atoms with Gasteiger partial charge in [0.05, 0.1) is 0 Å². The fourth-order valence-electron chi connectivity index (χ4n) is 2.31. The smallest absolute Gasteiger partial charge is 0.315 e. The number of rotatable bonds is 5. The zero-order valence-corrected chi connectivity index (χ0v) is 9.43. The highest BCUT2D eigenvalue weighted by atomic mass is 16.2. The zero-order chi connectivity index (χ0) is 10.5. The summed E-state index contributed by atoms with van der Waals surface area (Å²) in [5.41, 5.74) is 0. The number of carbonyl (C=O) groups is 1. The van der Waals surface area contributed by atoms with E-state index in [1.54, 1.807) is 0 Å². The summed E-state index contributed by atoms with van der Waals surface area (Å²) in [6.07, 6.45) is 10.1. The average Bonchev–Trinajstić information content (AvgIpc) is 2.91. The average molecular weight is 210 g/mol. The molecule has 0 saturated heterocycles. The molecule has 2 aliphatic rings. The fraction of sp³-hybridized carbons (Fsp3) is 0.917. The Hall–Kier alpha value is -0.730. The van der Waals surface area contributed by atoms with Gasteiger partial charge in [-0.25, -0.2) is 4.79 Å². The van der Waals surface area contributed by atoms with Crippen molar-refractivity contribution >= 4 is 6.03 Å². The van der Waals surface area contributed by atoms with Crippen LogP contribution in [0.4, 0.5) is 4.79 Å². The van der Waals surface area contributed by atoms with Gasteiger partial charge in [-0.05, 0) is 31.6 Å². The van der Waals surface area contributed by atoms with Crippen LogP contribution in [0.15, 0.2) is 0 Å². The van der Waals surface area contributed by atoms with E-state index in [0.29, 0.717) is 6.04 Å². The number of hydrogen-bond donors (Lipinski definition) is 2. The summed E-state index contributed by atoms with van der Waals surface area (Å²) in [5, 5.41) is 5.98. The summed E-state index contributed by atoms with van der Waals surface area (Å²) >= 11 is 0. The molecule has 0 unspecified atom stereocenters. The monoisotopic (exact) mass is 210 g/mol. The van der Waals surface area contributed by atoms with Crippen LogP contribution in [0.3, 0.4) is 0 Å². The molecule has 0 aromatic rings. The molecule has 0 spiro atoms. The lowest BCUT2D eigenvalue weighted by Gasteiger charge is -2.12. The van der Waals surface area contributed by atoms with Crippen LogP contribution in [0.1, 0.15) is 51.4 Å². The van der Waals surface area contributed by atoms with Gasteiger partial charge in [0.1, 0.15) is 0 Å². The summed E-state index contributed by atoms with van der Waals surface area (Å²) in [4.78, 5) is 11.4. The van der Waals surface area contributed by atoms with Gasteiger partial charge >= 0.3 is 6.03 Å². The van der Waals surface area contributed by atoms with E-state index in [-0.39, 0.29) is 6.03 Å². The molecule has 0 aromatic carbocycles. The first-order chi connectivity index (χ1) is 7.34. The third kappa shape index (κ3) is 4.10. The molecule has 3 heteroatoms. The molecule has 3 nitrogen and oxygen atoms in total. The zero-order valence-electron chi connectivity index (χ0n) is 9.43. The van der Waals surface area contributed by atoms with Crippen LogP contribution in [0.25, 0.3) is 0 Å². The summed E-state index contributed by atoms with van der Waals surface area (Å²) in [6, 6.07) is 0.478. The number of amides is 2. The summed E-state index contributed by atoms with van der Waals surface area (Å²) in [5.74, 6) is 0.977. The third-order valence-corrected chi connectivity index (χ3v) is 3.46. The van der Waals surface area contributed by atoms with Gasteiger partial charge < -0.3 is 10.6 Å². The molecule has 2 amide bonds. The van der Waals surface area contributed by atoms with Crippen molar-refractivity contribution in [1.82, 2.24) is 10.6 Å². The van der Waals surface area contributed by atoms with Gasteiger partial charge in [0.2, 0.25) is 0 Å². The normalized spacial score (nSPS) is 21.6. The van der Waals surface area contributed by atoms with Crippen molar-refractivity contribution in [3.8, 4) is 0 Å². The van der Waals surface area contributed by atoms with Crippen LogP contribution in [0.5, 0.6) is 0 Å². The van der Waals surface area contributed by atoms with E-state index >= 15 is 0 Å². The largest absolute Gasteiger partial charge is 0.338 e. The molecule has 15 heavy (non-hydrogen) atoms. The van der Waals surface area contributed by atoms with Crippen molar-refractivity contribution in [2.75, 3.05) is 6.54 Å². The Morgan fingerprint density at radius 3 is 2.53 bits per heavy atom. The van der Waals surface area contributed by atoms with Crippen molar-refractivity contribution in [2.24, 2.45) is 5.92 Å². The van der Waals surface area contributed by atoms with Gasteiger partial charge in [-0.15, -0.1) is 0 Å². The Labute approximate surface area is 92.0 Å². The van der Waals surface area contributed by atoms with Gasteiger partial charge in [-0.1, -0.05) is 25.7 Å². The molecule has 2 N–H and O–H groups in total. The number of urea groups is 1. The maximum absolute atomic E-state index is 11.4.